The summed E-state index contributed by atoms with van der Waals surface area (Å²) in [4.78, 5) is 0.0162. The molecule has 0 aromatic heterocycles. The highest BCUT2D eigenvalue weighted by molar-refractivity contribution is 7.89. The van der Waals surface area contributed by atoms with Crippen LogP contribution in [0, 0.1) is 11.8 Å². The molecule has 100 valence electrons. The predicted molar refractivity (Wildman–Crippen MR) is 73.0 cm³/mol. The van der Waals surface area contributed by atoms with Gasteiger partial charge in [0.25, 0.3) is 0 Å². The van der Waals surface area contributed by atoms with Crippen LogP contribution in [-0.2, 0) is 10.0 Å². The van der Waals surface area contributed by atoms with Crippen LogP contribution in [0.2, 0.25) is 5.02 Å². The van der Waals surface area contributed by atoms with Gasteiger partial charge in [0, 0.05) is 13.6 Å². The third kappa shape index (κ3) is 2.48. The molecule has 2 rings (SSSR count). The Morgan fingerprint density at radius 2 is 2.11 bits per heavy atom. The van der Waals surface area contributed by atoms with Gasteiger partial charge in [0.2, 0.25) is 10.0 Å². The number of anilines is 1. The number of hydrogen-bond acceptors (Lipinski definition) is 3. The van der Waals surface area contributed by atoms with Gasteiger partial charge in [0.1, 0.15) is 4.90 Å². The molecule has 0 aliphatic heterocycles. The molecule has 1 aromatic carbocycles. The van der Waals surface area contributed by atoms with Crippen molar-refractivity contribution in [3.8, 4) is 0 Å². The van der Waals surface area contributed by atoms with Gasteiger partial charge in [0.05, 0.1) is 10.7 Å². The number of halogens is 1. The van der Waals surface area contributed by atoms with Crippen LogP contribution in [0.3, 0.4) is 0 Å². The number of hydrogen-bond donors (Lipinski definition) is 1. The van der Waals surface area contributed by atoms with Gasteiger partial charge in [-0.3, -0.25) is 0 Å². The van der Waals surface area contributed by atoms with Gasteiger partial charge in [-0.1, -0.05) is 24.6 Å². The van der Waals surface area contributed by atoms with Crippen LogP contribution in [0.25, 0.3) is 0 Å². The molecular weight excluding hydrogens is 272 g/mol. The first kappa shape index (κ1) is 13.6. The van der Waals surface area contributed by atoms with E-state index in [0.29, 0.717) is 18.4 Å². The first-order valence-corrected chi connectivity index (χ1v) is 7.66. The highest BCUT2D eigenvalue weighted by Gasteiger charge is 2.37. The Morgan fingerprint density at radius 1 is 1.50 bits per heavy atom. The van der Waals surface area contributed by atoms with E-state index in [9.17, 15) is 8.42 Å². The first-order chi connectivity index (χ1) is 8.34. The number of nitrogens with zero attached hydrogens (tertiary/aromatic N) is 1. The topological polar surface area (TPSA) is 63.4 Å². The monoisotopic (exact) mass is 288 g/mol. The zero-order valence-corrected chi connectivity index (χ0v) is 12.0. The van der Waals surface area contributed by atoms with Crippen molar-refractivity contribution in [1.82, 2.24) is 4.31 Å². The average molecular weight is 289 g/mol. The van der Waals surface area contributed by atoms with Gasteiger partial charge < -0.3 is 5.73 Å². The van der Waals surface area contributed by atoms with Crippen LogP contribution in [-0.4, -0.2) is 26.3 Å². The fourth-order valence-electron chi connectivity index (χ4n) is 2.04. The van der Waals surface area contributed by atoms with E-state index in [4.69, 9.17) is 17.3 Å². The summed E-state index contributed by atoms with van der Waals surface area (Å²) in [7, 11) is -2.03. The van der Waals surface area contributed by atoms with E-state index in [1.165, 1.54) is 4.31 Å². The lowest BCUT2D eigenvalue weighted by Crippen LogP contribution is -2.30. The van der Waals surface area contributed by atoms with E-state index in [2.05, 4.69) is 6.92 Å². The molecule has 0 heterocycles. The van der Waals surface area contributed by atoms with Gasteiger partial charge in [-0.05, 0) is 30.4 Å². The maximum atomic E-state index is 12.4. The Morgan fingerprint density at radius 3 is 2.61 bits per heavy atom. The second-order valence-electron chi connectivity index (χ2n) is 4.92. The first-order valence-electron chi connectivity index (χ1n) is 5.84. The number of rotatable bonds is 4. The molecule has 6 heteroatoms. The molecule has 1 aliphatic rings. The summed E-state index contributed by atoms with van der Waals surface area (Å²) in [6, 6.07) is 4.73. The third-order valence-electron chi connectivity index (χ3n) is 3.43. The third-order valence-corrected chi connectivity index (χ3v) is 5.80. The maximum Gasteiger partial charge on any atom is 0.246 e. The molecule has 0 bridgehead atoms. The smallest absolute Gasteiger partial charge is 0.246 e. The zero-order valence-electron chi connectivity index (χ0n) is 10.4. The van der Waals surface area contributed by atoms with Crippen molar-refractivity contribution < 1.29 is 8.42 Å². The number of nitrogen functional groups attached to an aromatic ring is 1. The Bertz CT molecular complexity index is 539. The van der Waals surface area contributed by atoms with E-state index in [1.807, 2.05) is 0 Å². The molecule has 1 aliphatic carbocycles. The molecule has 0 saturated heterocycles. The molecule has 2 atom stereocenters. The van der Waals surface area contributed by atoms with Crippen molar-refractivity contribution in [2.75, 3.05) is 19.3 Å². The normalized spacial score (nSPS) is 23.3. The molecule has 1 saturated carbocycles. The van der Waals surface area contributed by atoms with Crippen molar-refractivity contribution in [3.63, 3.8) is 0 Å². The lowest BCUT2D eigenvalue weighted by molar-refractivity contribution is 0.445. The fourth-order valence-corrected chi connectivity index (χ4v) is 3.89. The molecule has 0 amide bonds. The SMILES string of the molecule is CC1CC1CN(C)S(=O)(=O)c1c(N)cccc1Cl. The number of sulfonamides is 1. The molecule has 2 N–H and O–H groups in total. The minimum Gasteiger partial charge on any atom is -0.398 e. The average Bonchev–Trinajstić information content (AvgIpc) is 2.93. The number of nitrogens with two attached hydrogens (primary N) is 1. The summed E-state index contributed by atoms with van der Waals surface area (Å²) >= 11 is 5.95. The van der Waals surface area contributed by atoms with Crippen LogP contribution >= 0.6 is 11.6 Å². The van der Waals surface area contributed by atoms with Crippen LogP contribution in [0.4, 0.5) is 5.69 Å². The van der Waals surface area contributed by atoms with Crippen molar-refractivity contribution in [2.45, 2.75) is 18.2 Å². The van der Waals surface area contributed by atoms with Crippen LogP contribution in [0.5, 0.6) is 0 Å². The molecular formula is C12H17ClN2O2S. The summed E-state index contributed by atoms with van der Waals surface area (Å²) in [5.41, 5.74) is 5.92. The largest absolute Gasteiger partial charge is 0.398 e. The summed E-state index contributed by atoms with van der Waals surface area (Å²) in [5.74, 6) is 1.06. The van der Waals surface area contributed by atoms with Gasteiger partial charge in [0.15, 0.2) is 0 Å². The Balaban J connectivity index is 2.30. The van der Waals surface area contributed by atoms with Crippen LogP contribution in [0.1, 0.15) is 13.3 Å². The van der Waals surface area contributed by atoms with Crippen LogP contribution in [0.15, 0.2) is 23.1 Å². The van der Waals surface area contributed by atoms with Crippen molar-refractivity contribution >= 4 is 27.3 Å². The van der Waals surface area contributed by atoms with Crippen molar-refractivity contribution in [1.29, 1.82) is 0 Å². The van der Waals surface area contributed by atoms with Gasteiger partial charge >= 0.3 is 0 Å². The maximum absolute atomic E-state index is 12.4. The summed E-state index contributed by atoms with van der Waals surface area (Å²) < 4.78 is 26.2. The minimum absolute atomic E-state index is 0.0162. The van der Waals surface area contributed by atoms with E-state index >= 15 is 0 Å². The Hall–Kier alpha value is -0.780. The standard InChI is InChI=1S/C12H17ClN2O2S/c1-8-6-9(8)7-15(2)18(16,17)12-10(13)4-3-5-11(12)14/h3-5,8-9H,6-7,14H2,1-2H3. The molecule has 2 unspecified atom stereocenters. The molecule has 18 heavy (non-hydrogen) atoms. The second-order valence-corrected chi connectivity index (χ2v) is 7.31. The van der Waals surface area contributed by atoms with E-state index in [1.54, 1.807) is 25.2 Å². The lowest BCUT2D eigenvalue weighted by Gasteiger charge is -2.19. The van der Waals surface area contributed by atoms with Gasteiger partial charge in [-0.2, -0.15) is 0 Å². The van der Waals surface area contributed by atoms with E-state index in [0.717, 1.165) is 6.42 Å². The summed E-state index contributed by atoms with van der Waals surface area (Å²) in [6.07, 6.45) is 1.08. The second kappa shape index (κ2) is 4.72. The molecule has 1 fully saturated rings. The van der Waals surface area contributed by atoms with E-state index < -0.39 is 10.0 Å². The summed E-state index contributed by atoms with van der Waals surface area (Å²) in [5, 5.41) is 0.172. The van der Waals surface area contributed by atoms with Gasteiger partial charge in [-0.25, -0.2) is 12.7 Å². The zero-order chi connectivity index (χ0) is 13.5. The minimum atomic E-state index is -3.60. The highest BCUT2D eigenvalue weighted by atomic mass is 35.5. The van der Waals surface area contributed by atoms with Gasteiger partial charge in [-0.15, -0.1) is 0 Å². The van der Waals surface area contributed by atoms with Crippen molar-refractivity contribution in [2.24, 2.45) is 11.8 Å². The molecule has 0 radical (unpaired) electrons. The van der Waals surface area contributed by atoms with Crippen LogP contribution < -0.4 is 5.73 Å². The number of benzene rings is 1. The molecule has 1 aromatic rings. The summed E-state index contributed by atoms with van der Waals surface area (Å²) in [6.45, 7) is 2.64. The fraction of sp³-hybridized carbons (Fsp3) is 0.500. The highest BCUT2D eigenvalue weighted by Crippen LogP contribution is 2.39. The predicted octanol–water partition coefficient (Wildman–Crippen LogP) is 2.20. The lowest BCUT2D eigenvalue weighted by atomic mass is 10.3. The van der Waals surface area contributed by atoms with E-state index in [-0.39, 0.29) is 15.6 Å². The van der Waals surface area contributed by atoms with Crippen molar-refractivity contribution in [3.05, 3.63) is 23.2 Å². The Labute approximate surface area is 113 Å². The Kier molecular flexibility index (Phi) is 3.58. The molecule has 0 spiro atoms. The molecule has 4 nitrogen and oxygen atoms in total. The quantitative estimate of drug-likeness (QED) is 0.864.